The number of carbonyl (C=O) groups is 1. The smallest absolute Gasteiger partial charge is 0.225 e. The standard InChI is InChI=1S/C16H14ClN3OS2/c1-3-20(10(2)21)16-18-11(9-22-16)8-12(17)15-19-13-6-4-5-7-14(13)23-15/h4-9H,3H2,1-2H3/b12-8-. The van der Waals surface area contributed by atoms with Crippen molar-refractivity contribution in [3.8, 4) is 0 Å². The zero-order chi connectivity index (χ0) is 16.4. The Morgan fingerprint density at radius 3 is 2.83 bits per heavy atom. The van der Waals surface area contributed by atoms with E-state index in [9.17, 15) is 4.79 Å². The Kier molecular flexibility index (Phi) is 4.75. The fourth-order valence-corrected chi connectivity index (χ4v) is 4.16. The highest BCUT2D eigenvalue weighted by molar-refractivity contribution is 7.20. The topological polar surface area (TPSA) is 46.1 Å². The molecule has 3 aromatic rings. The van der Waals surface area contributed by atoms with Crippen molar-refractivity contribution in [1.29, 1.82) is 0 Å². The lowest BCUT2D eigenvalue weighted by atomic mass is 10.3. The molecule has 0 spiro atoms. The molecule has 2 heterocycles. The highest BCUT2D eigenvalue weighted by Gasteiger charge is 2.13. The first-order chi connectivity index (χ1) is 11.1. The van der Waals surface area contributed by atoms with Gasteiger partial charge in [0.25, 0.3) is 0 Å². The Hall–Kier alpha value is -1.76. The molecule has 118 valence electrons. The summed E-state index contributed by atoms with van der Waals surface area (Å²) in [5.74, 6) is -0.0188. The quantitative estimate of drug-likeness (QED) is 0.664. The summed E-state index contributed by atoms with van der Waals surface area (Å²) in [5.41, 5.74) is 1.67. The lowest BCUT2D eigenvalue weighted by molar-refractivity contribution is -0.116. The van der Waals surface area contributed by atoms with Crippen LogP contribution in [0.4, 0.5) is 5.13 Å². The van der Waals surface area contributed by atoms with Gasteiger partial charge in [0, 0.05) is 18.8 Å². The molecule has 0 unspecified atom stereocenters. The van der Waals surface area contributed by atoms with Crippen LogP contribution in [0.15, 0.2) is 29.6 Å². The Morgan fingerprint density at radius 2 is 2.13 bits per heavy atom. The molecule has 0 bridgehead atoms. The molecule has 0 radical (unpaired) electrons. The van der Waals surface area contributed by atoms with E-state index in [2.05, 4.69) is 9.97 Å². The number of rotatable bonds is 4. The lowest BCUT2D eigenvalue weighted by Gasteiger charge is -2.14. The molecule has 0 N–H and O–H groups in total. The molecule has 0 saturated carbocycles. The van der Waals surface area contributed by atoms with Crippen LogP contribution in [0.5, 0.6) is 0 Å². The third kappa shape index (κ3) is 3.44. The first-order valence-electron chi connectivity index (χ1n) is 7.05. The molecular weight excluding hydrogens is 350 g/mol. The van der Waals surface area contributed by atoms with Crippen LogP contribution in [-0.2, 0) is 4.79 Å². The van der Waals surface area contributed by atoms with E-state index in [1.165, 1.54) is 18.3 Å². The molecule has 0 atom stereocenters. The number of benzene rings is 1. The zero-order valence-electron chi connectivity index (χ0n) is 12.6. The zero-order valence-corrected chi connectivity index (χ0v) is 15.0. The molecule has 3 rings (SSSR count). The molecule has 7 heteroatoms. The van der Waals surface area contributed by atoms with E-state index < -0.39 is 0 Å². The van der Waals surface area contributed by atoms with Gasteiger partial charge in [0.1, 0.15) is 5.01 Å². The number of hydrogen-bond donors (Lipinski definition) is 0. The van der Waals surface area contributed by atoms with Crippen LogP contribution in [0.3, 0.4) is 0 Å². The minimum atomic E-state index is -0.0188. The van der Waals surface area contributed by atoms with Gasteiger partial charge in [-0.2, -0.15) is 0 Å². The van der Waals surface area contributed by atoms with Gasteiger partial charge >= 0.3 is 0 Å². The predicted molar refractivity (Wildman–Crippen MR) is 99.2 cm³/mol. The number of hydrogen-bond acceptors (Lipinski definition) is 5. The summed E-state index contributed by atoms with van der Waals surface area (Å²) < 4.78 is 1.10. The fraction of sp³-hybridized carbons (Fsp3) is 0.188. The molecule has 1 aromatic carbocycles. The monoisotopic (exact) mass is 363 g/mol. The SMILES string of the molecule is CCN(C(C)=O)c1nc(/C=C(\Cl)c2nc3ccccc3s2)cs1. The van der Waals surface area contributed by atoms with Gasteiger partial charge in [0.05, 0.1) is 20.9 Å². The molecular formula is C16H14ClN3OS2. The molecule has 0 aliphatic carbocycles. The van der Waals surface area contributed by atoms with Crippen molar-refractivity contribution in [2.24, 2.45) is 0 Å². The van der Waals surface area contributed by atoms with Gasteiger partial charge in [-0.05, 0) is 25.1 Å². The van der Waals surface area contributed by atoms with Gasteiger partial charge in [-0.3, -0.25) is 9.69 Å². The number of nitrogens with zero attached hydrogens (tertiary/aromatic N) is 3. The van der Waals surface area contributed by atoms with Gasteiger partial charge in [-0.25, -0.2) is 9.97 Å². The number of aromatic nitrogens is 2. The largest absolute Gasteiger partial charge is 0.289 e. The number of thiazole rings is 2. The summed E-state index contributed by atoms with van der Waals surface area (Å²) in [4.78, 5) is 22.2. The van der Waals surface area contributed by atoms with Crippen molar-refractivity contribution in [3.05, 3.63) is 40.3 Å². The fourth-order valence-electron chi connectivity index (χ4n) is 2.13. The average molecular weight is 364 g/mol. The summed E-state index contributed by atoms with van der Waals surface area (Å²) in [5, 5.41) is 3.88. The molecule has 0 aliphatic rings. The normalized spacial score (nSPS) is 11.9. The maximum Gasteiger partial charge on any atom is 0.225 e. The Balaban J connectivity index is 1.89. The van der Waals surface area contributed by atoms with Crippen molar-refractivity contribution in [3.63, 3.8) is 0 Å². The maximum absolute atomic E-state index is 11.6. The molecule has 0 fully saturated rings. The molecule has 0 aliphatic heterocycles. The van der Waals surface area contributed by atoms with Gasteiger partial charge in [0.2, 0.25) is 5.91 Å². The highest BCUT2D eigenvalue weighted by Crippen LogP contribution is 2.31. The van der Waals surface area contributed by atoms with Crippen LogP contribution in [0.2, 0.25) is 0 Å². The second kappa shape index (κ2) is 6.78. The van der Waals surface area contributed by atoms with Gasteiger partial charge in [-0.1, -0.05) is 23.7 Å². The van der Waals surface area contributed by atoms with Crippen LogP contribution in [0.1, 0.15) is 24.5 Å². The van der Waals surface area contributed by atoms with Crippen molar-refractivity contribution in [1.82, 2.24) is 9.97 Å². The first kappa shape index (κ1) is 16.1. The Labute approximate surface area is 147 Å². The van der Waals surface area contributed by atoms with Crippen molar-refractivity contribution in [2.45, 2.75) is 13.8 Å². The van der Waals surface area contributed by atoms with Crippen LogP contribution in [-0.4, -0.2) is 22.4 Å². The van der Waals surface area contributed by atoms with Crippen LogP contribution in [0.25, 0.3) is 21.3 Å². The van der Waals surface area contributed by atoms with Gasteiger partial charge in [0.15, 0.2) is 5.13 Å². The molecule has 4 nitrogen and oxygen atoms in total. The summed E-state index contributed by atoms with van der Waals surface area (Å²) in [6, 6.07) is 7.92. The second-order valence-electron chi connectivity index (χ2n) is 4.80. The van der Waals surface area contributed by atoms with Crippen LogP contribution < -0.4 is 4.90 Å². The third-order valence-electron chi connectivity index (χ3n) is 3.21. The molecule has 2 aromatic heterocycles. The van der Waals surface area contributed by atoms with Crippen LogP contribution in [0, 0.1) is 0 Å². The first-order valence-corrected chi connectivity index (χ1v) is 9.12. The predicted octanol–water partition coefficient (Wildman–Crippen LogP) is 4.86. The van der Waals surface area contributed by atoms with E-state index in [1.807, 2.05) is 36.6 Å². The maximum atomic E-state index is 11.6. The van der Waals surface area contributed by atoms with Gasteiger partial charge < -0.3 is 0 Å². The minimum absolute atomic E-state index is 0.0188. The number of fused-ring (bicyclic) bond motifs is 1. The number of carbonyl (C=O) groups excluding carboxylic acids is 1. The molecule has 1 amide bonds. The van der Waals surface area contributed by atoms with Crippen molar-refractivity contribution >= 4 is 66.6 Å². The molecule has 0 saturated heterocycles. The number of halogens is 1. The van der Waals surface area contributed by atoms with E-state index >= 15 is 0 Å². The van der Waals surface area contributed by atoms with Crippen molar-refractivity contribution in [2.75, 3.05) is 11.4 Å². The van der Waals surface area contributed by atoms with E-state index in [-0.39, 0.29) is 5.91 Å². The number of para-hydroxylation sites is 1. The summed E-state index contributed by atoms with van der Waals surface area (Å²) >= 11 is 9.36. The van der Waals surface area contributed by atoms with E-state index in [0.29, 0.717) is 16.7 Å². The number of anilines is 1. The summed E-state index contributed by atoms with van der Waals surface area (Å²) in [7, 11) is 0. The second-order valence-corrected chi connectivity index (χ2v) is 7.07. The van der Waals surface area contributed by atoms with Crippen molar-refractivity contribution < 1.29 is 4.79 Å². The Morgan fingerprint density at radius 1 is 1.35 bits per heavy atom. The summed E-state index contributed by atoms with van der Waals surface area (Å²) in [6.07, 6.45) is 1.78. The lowest BCUT2D eigenvalue weighted by Crippen LogP contribution is -2.27. The number of amides is 1. The minimum Gasteiger partial charge on any atom is -0.289 e. The van der Waals surface area contributed by atoms with E-state index in [0.717, 1.165) is 20.9 Å². The van der Waals surface area contributed by atoms with Crippen LogP contribution >= 0.6 is 34.3 Å². The highest BCUT2D eigenvalue weighted by atomic mass is 35.5. The Bertz CT molecular complexity index is 851. The van der Waals surface area contributed by atoms with E-state index in [4.69, 9.17) is 11.6 Å². The average Bonchev–Trinajstić information content (AvgIpc) is 3.14. The third-order valence-corrected chi connectivity index (χ3v) is 5.56. The van der Waals surface area contributed by atoms with E-state index in [1.54, 1.807) is 22.3 Å². The summed E-state index contributed by atoms with van der Waals surface area (Å²) in [6.45, 7) is 4.05. The van der Waals surface area contributed by atoms with Gasteiger partial charge in [-0.15, -0.1) is 22.7 Å². The molecule has 23 heavy (non-hydrogen) atoms.